The number of unbranched alkanes of at least 4 members (excludes halogenated alkanes) is 1. The number of hydrogen-bond acceptors (Lipinski definition) is 7. The Morgan fingerprint density at radius 2 is 1.63 bits per heavy atom. The van der Waals surface area contributed by atoms with Crippen LogP contribution in [0.1, 0.15) is 34.3 Å². The Morgan fingerprint density at radius 3 is 2.33 bits per heavy atom. The molecule has 1 fully saturated rings. The van der Waals surface area contributed by atoms with Crippen molar-refractivity contribution < 1.29 is 13.2 Å². The average Bonchev–Trinajstić information content (AvgIpc) is 2.95. The van der Waals surface area contributed by atoms with Crippen molar-refractivity contribution in [3.63, 3.8) is 0 Å². The third-order valence-corrected chi connectivity index (χ3v) is 7.95. The maximum Gasteiger partial charge on any atom is 0.269 e. The van der Waals surface area contributed by atoms with Gasteiger partial charge in [-0.15, -0.1) is 0 Å². The van der Waals surface area contributed by atoms with E-state index in [4.69, 9.17) is 0 Å². The summed E-state index contributed by atoms with van der Waals surface area (Å²) < 4.78 is 26.9. The number of piperazine rings is 1. The Labute approximate surface area is 177 Å². The molecule has 160 valence electrons. The van der Waals surface area contributed by atoms with E-state index in [1.165, 1.54) is 0 Å². The van der Waals surface area contributed by atoms with Crippen molar-refractivity contribution in [3.8, 4) is 0 Å². The van der Waals surface area contributed by atoms with E-state index in [9.17, 15) is 13.2 Å². The van der Waals surface area contributed by atoms with Crippen LogP contribution in [0.3, 0.4) is 0 Å². The van der Waals surface area contributed by atoms with Gasteiger partial charge in [0.15, 0.2) is 0 Å². The van der Waals surface area contributed by atoms with Crippen LogP contribution in [0.4, 0.5) is 5.95 Å². The first-order valence-electron chi connectivity index (χ1n) is 10.3. The molecule has 3 heterocycles. The summed E-state index contributed by atoms with van der Waals surface area (Å²) in [5.41, 5.74) is 1.85. The zero-order valence-corrected chi connectivity index (χ0v) is 18.2. The molecule has 2 aliphatic rings. The molecule has 0 saturated carbocycles. The summed E-state index contributed by atoms with van der Waals surface area (Å²) in [6.45, 7) is 8.33. The minimum absolute atomic E-state index is 0.187. The maximum atomic E-state index is 12.9. The van der Waals surface area contributed by atoms with Crippen molar-refractivity contribution in [1.82, 2.24) is 19.2 Å². The standard InChI is InChI=1S/C21H27N5O3S/c1-16-6-7-18-19(17(16)2)30(28,29)26(20(18)27)11-4-3-10-24-12-14-25(15-13-24)21-22-8-5-9-23-21/h5-9H,3-4,10-15H2,1-2H3. The second kappa shape index (κ2) is 8.31. The first-order valence-corrected chi connectivity index (χ1v) is 11.7. The molecule has 0 radical (unpaired) electrons. The molecule has 0 atom stereocenters. The number of sulfonamides is 1. The van der Waals surface area contributed by atoms with Crippen LogP contribution in [0.2, 0.25) is 0 Å². The van der Waals surface area contributed by atoms with Crippen molar-refractivity contribution in [3.05, 3.63) is 47.3 Å². The molecule has 0 aliphatic carbocycles. The summed E-state index contributed by atoms with van der Waals surface area (Å²) in [4.78, 5) is 26.0. The van der Waals surface area contributed by atoms with Gasteiger partial charge < -0.3 is 4.90 Å². The molecule has 2 aliphatic heterocycles. The van der Waals surface area contributed by atoms with E-state index < -0.39 is 15.9 Å². The van der Waals surface area contributed by atoms with Gasteiger partial charge in [-0.2, -0.15) is 0 Å². The fraction of sp³-hybridized carbons (Fsp3) is 0.476. The zero-order chi connectivity index (χ0) is 21.3. The monoisotopic (exact) mass is 429 g/mol. The zero-order valence-electron chi connectivity index (χ0n) is 17.4. The largest absolute Gasteiger partial charge is 0.338 e. The topological polar surface area (TPSA) is 86.7 Å². The van der Waals surface area contributed by atoms with E-state index in [-0.39, 0.29) is 11.4 Å². The van der Waals surface area contributed by atoms with Gasteiger partial charge in [-0.3, -0.25) is 9.69 Å². The van der Waals surface area contributed by atoms with Gasteiger partial charge in [0, 0.05) is 45.1 Å². The van der Waals surface area contributed by atoms with Crippen LogP contribution >= 0.6 is 0 Å². The molecule has 1 aromatic carbocycles. The number of amides is 1. The molecule has 0 bridgehead atoms. The lowest BCUT2D eigenvalue weighted by Crippen LogP contribution is -2.47. The van der Waals surface area contributed by atoms with Crippen molar-refractivity contribution in [1.29, 1.82) is 0 Å². The van der Waals surface area contributed by atoms with Gasteiger partial charge in [0.1, 0.15) is 4.90 Å². The quantitative estimate of drug-likeness (QED) is 0.648. The minimum Gasteiger partial charge on any atom is -0.338 e. The maximum absolute atomic E-state index is 12.9. The highest BCUT2D eigenvalue weighted by molar-refractivity contribution is 7.90. The predicted molar refractivity (Wildman–Crippen MR) is 114 cm³/mol. The Morgan fingerprint density at radius 1 is 0.967 bits per heavy atom. The third kappa shape index (κ3) is 3.79. The van der Waals surface area contributed by atoms with E-state index in [1.807, 2.05) is 19.1 Å². The van der Waals surface area contributed by atoms with E-state index in [0.717, 1.165) is 55.0 Å². The predicted octanol–water partition coefficient (Wildman–Crippen LogP) is 1.84. The molecule has 2 aromatic rings. The highest BCUT2D eigenvalue weighted by Crippen LogP contribution is 2.34. The second-order valence-corrected chi connectivity index (χ2v) is 9.65. The fourth-order valence-electron chi connectivity index (χ4n) is 4.08. The Kier molecular flexibility index (Phi) is 5.75. The number of carbonyl (C=O) groups is 1. The van der Waals surface area contributed by atoms with Gasteiger partial charge in [0.2, 0.25) is 5.95 Å². The highest BCUT2D eigenvalue weighted by atomic mass is 32.2. The molecular formula is C21H27N5O3S. The molecule has 0 spiro atoms. The average molecular weight is 430 g/mol. The lowest BCUT2D eigenvalue weighted by molar-refractivity contribution is 0.0868. The number of aryl methyl sites for hydroxylation is 1. The summed E-state index contributed by atoms with van der Waals surface area (Å²) in [6, 6.07) is 5.25. The van der Waals surface area contributed by atoms with Gasteiger partial charge in [0.25, 0.3) is 15.9 Å². The summed E-state index contributed by atoms with van der Waals surface area (Å²) >= 11 is 0. The summed E-state index contributed by atoms with van der Waals surface area (Å²) in [5, 5.41) is 0. The number of anilines is 1. The molecule has 1 aromatic heterocycles. The van der Waals surface area contributed by atoms with Crippen molar-refractivity contribution in [2.24, 2.45) is 0 Å². The van der Waals surface area contributed by atoms with E-state index in [0.29, 0.717) is 17.5 Å². The number of benzene rings is 1. The number of carbonyl (C=O) groups excluding carboxylic acids is 1. The minimum atomic E-state index is -3.74. The van der Waals surface area contributed by atoms with E-state index in [2.05, 4.69) is 19.8 Å². The number of nitrogens with zero attached hydrogens (tertiary/aromatic N) is 5. The third-order valence-electron chi connectivity index (χ3n) is 5.97. The van der Waals surface area contributed by atoms with Gasteiger partial charge in [0.05, 0.1) is 5.56 Å². The Hall–Kier alpha value is -2.52. The van der Waals surface area contributed by atoms with Crippen LogP contribution in [0.5, 0.6) is 0 Å². The number of rotatable bonds is 6. The first-order chi connectivity index (χ1) is 14.4. The van der Waals surface area contributed by atoms with Crippen molar-refractivity contribution in [2.45, 2.75) is 31.6 Å². The molecule has 0 unspecified atom stereocenters. The van der Waals surface area contributed by atoms with Gasteiger partial charge in [-0.25, -0.2) is 22.7 Å². The van der Waals surface area contributed by atoms with Crippen LogP contribution in [0, 0.1) is 13.8 Å². The van der Waals surface area contributed by atoms with Gasteiger partial charge >= 0.3 is 0 Å². The molecule has 8 nitrogen and oxygen atoms in total. The smallest absolute Gasteiger partial charge is 0.269 e. The molecule has 30 heavy (non-hydrogen) atoms. The first kappa shape index (κ1) is 20.7. The summed E-state index contributed by atoms with van der Waals surface area (Å²) in [6.07, 6.45) is 5.00. The number of fused-ring (bicyclic) bond motifs is 1. The van der Waals surface area contributed by atoms with E-state index in [1.54, 1.807) is 25.4 Å². The molecule has 4 rings (SSSR count). The SMILES string of the molecule is Cc1ccc2c(c1C)S(=O)(=O)N(CCCCN1CCN(c3ncccn3)CC1)C2=O. The highest BCUT2D eigenvalue weighted by Gasteiger charge is 2.42. The van der Waals surface area contributed by atoms with Crippen molar-refractivity contribution >= 4 is 21.9 Å². The van der Waals surface area contributed by atoms with Crippen LogP contribution in [0.25, 0.3) is 0 Å². The van der Waals surface area contributed by atoms with Crippen LogP contribution in [-0.4, -0.2) is 72.8 Å². The second-order valence-electron chi connectivity index (χ2n) is 7.85. The van der Waals surface area contributed by atoms with Gasteiger partial charge in [-0.05, 0) is 56.5 Å². The number of aromatic nitrogens is 2. The molecule has 0 N–H and O–H groups in total. The van der Waals surface area contributed by atoms with Crippen LogP contribution in [-0.2, 0) is 10.0 Å². The fourth-order valence-corrected chi connectivity index (χ4v) is 5.97. The molecule has 1 amide bonds. The Balaban J connectivity index is 1.28. The molecule has 9 heteroatoms. The van der Waals surface area contributed by atoms with Gasteiger partial charge in [-0.1, -0.05) is 6.07 Å². The molecular weight excluding hydrogens is 402 g/mol. The van der Waals surface area contributed by atoms with Crippen LogP contribution < -0.4 is 4.90 Å². The van der Waals surface area contributed by atoms with Crippen LogP contribution in [0.15, 0.2) is 35.5 Å². The molecule has 1 saturated heterocycles. The Bertz CT molecular complexity index is 1030. The number of hydrogen-bond donors (Lipinski definition) is 0. The summed E-state index contributed by atoms with van der Waals surface area (Å²) in [5.74, 6) is 0.365. The lowest BCUT2D eigenvalue weighted by Gasteiger charge is -2.34. The lowest BCUT2D eigenvalue weighted by atomic mass is 10.1. The van der Waals surface area contributed by atoms with Crippen molar-refractivity contribution in [2.75, 3.05) is 44.2 Å². The van der Waals surface area contributed by atoms with E-state index >= 15 is 0 Å². The normalized spacial score (nSPS) is 18.7. The summed E-state index contributed by atoms with van der Waals surface area (Å²) in [7, 11) is -3.74.